The van der Waals surface area contributed by atoms with Gasteiger partial charge < -0.3 is 171 Å². The molecule has 4 amide bonds. The Morgan fingerprint density at radius 2 is 1.15 bits per heavy atom. The van der Waals surface area contributed by atoms with E-state index in [-0.39, 0.29) is 25.7 Å². The molecule has 40 nitrogen and oxygen atoms in total. The molecule has 112 heavy (non-hydrogen) atoms. The highest BCUT2D eigenvalue weighted by atomic mass is 32.1. The number of thiophene rings is 1. The molecule has 2 aromatic heterocycles. The maximum atomic E-state index is 13.7. The maximum absolute atomic E-state index is 13.7. The summed E-state index contributed by atoms with van der Waals surface area (Å²) in [6, 6.07) is -3.20. The molecule has 0 spiro atoms. The molecule has 0 radical (unpaired) electrons. The number of piperazine rings is 1. The predicted octanol–water partition coefficient (Wildman–Crippen LogP) is -6.35. The van der Waals surface area contributed by atoms with Crippen molar-refractivity contribution >= 4 is 57.0 Å². The Balaban J connectivity index is 0.0000174. The van der Waals surface area contributed by atoms with Gasteiger partial charge in [0.05, 0.1) is 69.3 Å². The SMILES string of the molecule is CCCCCCCCCCCCCCCCCC(=O)N[C@@H](CO[C@@H]1O[C@H](CO)[C@@H](O[C@@H]2O[C@H](CO)[C@H](O[C@@H]3O[C@H](CO)[C@H](O)[C@H](O[C@@H]4O[C@H](CO)[C@H](O)[C@H](O)[C@H]4O)[C@H]3NC(C)=O)[C@H](O[C@]3(C(=O)[O-])C[C@H](O)C(NC(C)=O)C([C@H](O)[C@H](O)CO)O3)[C@H]2O)[C@H](O)[C@H]1O)[C@H](O)/C=C/C(=O)N1CCN(c2ncnc3sccc23)CC1.[NH4+]. The molecule has 8 rings (SSSR count). The van der Waals surface area contributed by atoms with Gasteiger partial charge in [-0.2, -0.15) is 0 Å². The molecule has 41 heteroatoms. The van der Waals surface area contributed by atoms with Crippen LogP contribution in [0.2, 0.25) is 0 Å². The van der Waals surface area contributed by atoms with Gasteiger partial charge in [0.25, 0.3) is 0 Å². The Kier molecular flexibility index (Phi) is 38.2. The summed E-state index contributed by atoms with van der Waals surface area (Å²) in [4.78, 5) is 80.0. The first-order valence-electron chi connectivity index (χ1n) is 38.2. The number of nitrogens with one attached hydrogen (secondary N) is 3. The molecule has 2 unspecified atom stereocenters. The summed E-state index contributed by atoms with van der Waals surface area (Å²) in [6.45, 7) is -0.877. The quantitative estimate of drug-likeness (QED) is 0.0217. The van der Waals surface area contributed by atoms with Gasteiger partial charge in [-0.3, -0.25) is 19.2 Å². The van der Waals surface area contributed by atoms with E-state index >= 15 is 0 Å². The van der Waals surface area contributed by atoms with Crippen molar-refractivity contribution in [2.45, 2.75) is 301 Å². The number of carbonyl (C=O) groups is 5. The third-order valence-corrected chi connectivity index (χ3v) is 21.7. The van der Waals surface area contributed by atoms with Crippen LogP contribution in [-0.4, -0.2) is 363 Å². The molecule has 0 aromatic carbocycles. The number of rotatable bonds is 42. The van der Waals surface area contributed by atoms with Gasteiger partial charge in [0.1, 0.15) is 139 Å². The monoisotopic (exact) mass is 1630 g/mol. The van der Waals surface area contributed by atoms with Crippen molar-refractivity contribution < 1.29 is 158 Å². The topological polar surface area (TPSA) is 629 Å². The Morgan fingerprint density at radius 3 is 1.74 bits per heavy atom. The van der Waals surface area contributed by atoms with Crippen molar-refractivity contribution in [3.8, 4) is 0 Å². The molecule has 0 aliphatic carbocycles. The minimum absolute atomic E-state index is 0. The largest absolute Gasteiger partial charge is 0.544 e. The number of fused-ring (bicyclic) bond motifs is 1. The normalized spacial score (nSPS) is 34.3. The van der Waals surface area contributed by atoms with Crippen LogP contribution in [0.4, 0.5) is 5.82 Å². The number of unbranched alkanes of at least 4 members (excludes halogenated alkanes) is 14. The smallest absolute Gasteiger partial charge is 0.246 e. The molecule has 640 valence electrons. The average molecular weight is 1630 g/mol. The predicted molar refractivity (Wildman–Crippen MR) is 387 cm³/mol. The minimum Gasteiger partial charge on any atom is -0.544 e. The lowest BCUT2D eigenvalue weighted by molar-refractivity contribution is -0.421. The summed E-state index contributed by atoms with van der Waals surface area (Å²) in [5.74, 6) is -8.05. The number of carboxylic acids is 1. The van der Waals surface area contributed by atoms with Crippen LogP contribution in [-0.2, 0) is 71.3 Å². The zero-order chi connectivity index (χ0) is 80.8. The molecular formula is C71H118N8O32S. The lowest BCUT2D eigenvalue weighted by atomic mass is 9.88. The van der Waals surface area contributed by atoms with Crippen LogP contribution >= 0.6 is 11.3 Å². The van der Waals surface area contributed by atoms with Gasteiger partial charge in [-0.1, -0.05) is 96.8 Å². The van der Waals surface area contributed by atoms with Gasteiger partial charge >= 0.3 is 0 Å². The van der Waals surface area contributed by atoms with Crippen molar-refractivity contribution in [1.29, 1.82) is 0 Å². The van der Waals surface area contributed by atoms with E-state index in [1.807, 2.05) is 16.3 Å². The van der Waals surface area contributed by atoms with Gasteiger partial charge in [-0.25, -0.2) is 9.97 Å². The molecule has 6 fully saturated rings. The summed E-state index contributed by atoms with van der Waals surface area (Å²) < 4.78 is 59.8. The first kappa shape index (κ1) is 94.0. The number of aliphatic carboxylic acids is 1. The first-order valence-corrected chi connectivity index (χ1v) is 39.1. The van der Waals surface area contributed by atoms with Gasteiger partial charge in [0.15, 0.2) is 25.2 Å². The number of nitrogens with zero attached hydrogens (tertiary/aromatic N) is 4. The number of amides is 4. The van der Waals surface area contributed by atoms with Crippen LogP contribution in [0.1, 0.15) is 130 Å². The number of hydrogen-bond acceptors (Lipinski definition) is 36. The molecule has 0 saturated carbocycles. The standard InChI is InChI=1S/C71H115N7O32S.H3N/c1-4-5-6-7-8-9-10-11-12-13-14-15-16-17-18-19-47(89)76-39(40(86)20-21-48(90)77-23-25-78(26-24-77)64-38-22-27-111-65(38)73-35-72-64)34-101-67-57(97)55(95)59(45(32-82)104-67)106-69-58(98)63(110-71(70(99)100)28-41(87)49(74-36(2)84)62(109-71)51(91)42(88)29-79)60(46(33-83)105-69)107-66-50(75-37(3)85)61(53(93)44(31-81)102-66)108-68-56(96)54(94)52(92)43(30-80)103-68;/h20-22,27,35,39-46,49-63,66-69,79-83,86-88,91-98H,4-19,23-26,28-34H2,1-3H3,(H,74,84)(H,75,85)(H,76,89)(H,99,100);1H3/b21-20+;/t39-,40+,41-,42+,43+,44+,45+,46+,49?,50+,51+,52-,53-,54-,55+,56+,57+,58+,59+,60-,61+,62?,63+,66-,67+,68-,69-,71-;/m0./s1. The van der Waals surface area contributed by atoms with Crippen molar-refractivity contribution in [3.63, 3.8) is 0 Å². The number of ether oxygens (including phenoxy) is 10. The molecule has 8 heterocycles. The van der Waals surface area contributed by atoms with Crippen LogP contribution in [0, 0.1) is 0 Å². The van der Waals surface area contributed by atoms with E-state index in [0.29, 0.717) is 19.5 Å². The van der Waals surface area contributed by atoms with E-state index in [0.717, 1.165) is 80.6 Å². The molecule has 2 aromatic rings. The van der Waals surface area contributed by atoms with Gasteiger partial charge in [0.2, 0.25) is 29.4 Å². The van der Waals surface area contributed by atoms with Crippen LogP contribution in [0.5, 0.6) is 0 Å². The van der Waals surface area contributed by atoms with E-state index in [4.69, 9.17) is 47.4 Å². The molecule has 0 bridgehead atoms. The fourth-order valence-corrected chi connectivity index (χ4v) is 15.3. The second-order valence-electron chi connectivity index (χ2n) is 29.0. The summed E-state index contributed by atoms with van der Waals surface area (Å²) in [7, 11) is 0. The zero-order valence-corrected chi connectivity index (χ0v) is 64.3. The number of anilines is 1. The summed E-state index contributed by atoms with van der Waals surface area (Å²) in [5.41, 5.74) is 0. The lowest BCUT2D eigenvalue weighted by Crippen LogP contribution is -2.73. The molecule has 6 saturated heterocycles. The van der Waals surface area contributed by atoms with E-state index in [9.17, 15) is 111 Å². The van der Waals surface area contributed by atoms with E-state index in [1.54, 1.807) is 4.90 Å². The highest BCUT2D eigenvalue weighted by Gasteiger charge is 2.61. The summed E-state index contributed by atoms with van der Waals surface area (Å²) in [5, 5.41) is 202. The summed E-state index contributed by atoms with van der Waals surface area (Å²) in [6.07, 6.45) is -32.0. The third kappa shape index (κ3) is 24.5. The number of carboxylic acid groups (broad SMARTS) is 1. The van der Waals surface area contributed by atoms with Crippen LogP contribution in [0.25, 0.3) is 10.2 Å². The van der Waals surface area contributed by atoms with Crippen LogP contribution in [0.3, 0.4) is 0 Å². The van der Waals surface area contributed by atoms with Crippen LogP contribution < -0.4 is 32.1 Å². The fraction of sp³-hybridized carbons (Fsp3) is 0.817. The van der Waals surface area contributed by atoms with Crippen molar-refractivity contribution in [2.24, 2.45) is 0 Å². The Morgan fingerprint density at radius 1 is 0.625 bits per heavy atom. The van der Waals surface area contributed by atoms with Gasteiger partial charge in [-0.05, 0) is 23.9 Å². The Hall–Kier alpha value is -5.15. The fourth-order valence-electron chi connectivity index (χ4n) is 14.6. The average Bonchev–Trinajstić information content (AvgIpc) is 0.851. The minimum atomic E-state index is -3.52. The molecule has 23 N–H and O–H groups in total. The third-order valence-electron chi connectivity index (χ3n) is 20.8. The number of carbonyl (C=O) groups excluding carboxylic acids is 5. The summed E-state index contributed by atoms with van der Waals surface area (Å²) >= 11 is 1.47. The van der Waals surface area contributed by atoms with Gasteiger partial charge in [-0.15, -0.1) is 11.3 Å². The molecule has 6 aliphatic heterocycles. The second kappa shape index (κ2) is 45.5. The van der Waals surface area contributed by atoms with E-state index in [1.165, 1.54) is 69.0 Å². The number of aromatic nitrogens is 2. The first-order chi connectivity index (χ1) is 53.1. The molecule has 6 aliphatic rings. The molecular weight excluding hydrogens is 1510 g/mol. The lowest BCUT2D eigenvalue weighted by Gasteiger charge is -2.54. The zero-order valence-electron chi connectivity index (χ0n) is 63.5. The highest BCUT2D eigenvalue weighted by Crippen LogP contribution is 2.41. The highest BCUT2D eigenvalue weighted by molar-refractivity contribution is 7.16. The number of aliphatic hydroxyl groups is 16. The Labute approximate surface area is 651 Å². The van der Waals surface area contributed by atoms with Crippen molar-refractivity contribution in [2.75, 3.05) is 70.7 Å². The maximum Gasteiger partial charge on any atom is 0.246 e. The number of quaternary nitrogens is 1. The van der Waals surface area contributed by atoms with E-state index in [2.05, 4.69) is 32.8 Å². The number of aliphatic hydroxyl groups excluding tert-OH is 16. The van der Waals surface area contributed by atoms with Gasteiger partial charge in [0, 0.05) is 58.9 Å². The van der Waals surface area contributed by atoms with Crippen molar-refractivity contribution in [1.82, 2.24) is 37.0 Å². The van der Waals surface area contributed by atoms with Crippen molar-refractivity contribution in [3.05, 3.63) is 29.9 Å². The van der Waals surface area contributed by atoms with E-state index < -0.39 is 247 Å². The Bertz CT molecular complexity index is 3210. The number of hydrogen-bond donors (Lipinski definition) is 20. The van der Waals surface area contributed by atoms with Crippen LogP contribution in [0.15, 0.2) is 29.9 Å². The molecule has 28 atom stereocenters. The second-order valence-corrected chi connectivity index (χ2v) is 29.9.